The molecule has 1 amide bonds. The minimum atomic E-state index is -0.488. The lowest BCUT2D eigenvalue weighted by atomic mass is 9.98. The normalized spacial score (nSPS) is 22.1. The van der Waals surface area contributed by atoms with Gasteiger partial charge in [0.15, 0.2) is 17.6 Å². The van der Waals surface area contributed by atoms with Gasteiger partial charge in [-0.15, -0.1) is 0 Å². The molecule has 32 heavy (non-hydrogen) atoms. The van der Waals surface area contributed by atoms with Crippen molar-refractivity contribution < 1.29 is 13.9 Å². The van der Waals surface area contributed by atoms with Gasteiger partial charge in [0.1, 0.15) is 5.60 Å². The Hall–Kier alpha value is -2.58. The molecule has 2 atom stereocenters. The molecule has 0 aliphatic carbocycles. The first kappa shape index (κ1) is 24.1. The summed E-state index contributed by atoms with van der Waals surface area (Å²) in [6.07, 6.45) is 4.25. The molecule has 0 radical (unpaired) electrons. The summed E-state index contributed by atoms with van der Waals surface area (Å²) in [5.74, 6) is 1.17. The van der Waals surface area contributed by atoms with Gasteiger partial charge >= 0.3 is 6.09 Å². The van der Waals surface area contributed by atoms with Crippen LogP contribution in [-0.2, 0) is 4.74 Å². The number of carbonyl (C=O) groups is 1. The average Bonchev–Trinajstić information content (AvgIpc) is 3.20. The van der Waals surface area contributed by atoms with Crippen LogP contribution in [0.15, 0.2) is 23.3 Å². The fourth-order valence-electron chi connectivity index (χ4n) is 4.12. The number of pyridine rings is 1. The zero-order valence-corrected chi connectivity index (χ0v) is 19.7. The third-order valence-electron chi connectivity index (χ3n) is 5.59. The van der Waals surface area contributed by atoms with Crippen LogP contribution in [0.1, 0.15) is 47.0 Å². The van der Waals surface area contributed by atoms with Crippen LogP contribution in [0.4, 0.5) is 15.0 Å². The highest BCUT2D eigenvalue weighted by molar-refractivity contribution is 5.80. The molecule has 2 N–H and O–H groups in total. The van der Waals surface area contributed by atoms with Crippen molar-refractivity contribution in [3.05, 3.63) is 24.1 Å². The molecule has 8 nitrogen and oxygen atoms in total. The molecule has 3 heterocycles. The van der Waals surface area contributed by atoms with Gasteiger partial charge in [0.05, 0.1) is 0 Å². The number of guanidine groups is 1. The number of halogens is 1. The zero-order valence-electron chi connectivity index (χ0n) is 19.7. The van der Waals surface area contributed by atoms with E-state index in [4.69, 9.17) is 9.73 Å². The van der Waals surface area contributed by atoms with Crippen molar-refractivity contribution in [2.45, 2.75) is 58.6 Å². The molecule has 0 aromatic carbocycles. The highest BCUT2D eigenvalue weighted by Crippen LogP contribution is 2.21. The van der Waals surface area contributed by atoms with Crippen molar-refractivity contribution in [1.82, 2.24) is 20.5 Å². The first-order chi connectivity index (χ1) is 15.2. The van der Waals surface area contributed by atoms with Crippen LogP contribution in [0.3, 0.4) is 0 Å². The molecular weight excluding hydrogens is 411 g/mol. The first-order valence-electron chi connectivity index (χ1n) is 11.6. The van der Waals surface area contributed by atoms with Crippen molar-refractivity contribution in [2.75, 3.05) is 44.2 Å². The van der Waals surface area contributed by atoms with E-state index in [9.17, 15) is 9.18 Å². The molecule has 2 unspecified atom stereocenters. The van der Waals surface area contributed by atoms with Crippen LogP contribution in [0.2, 0.25) is 0 Å². The molecule has 2 saturated heterocycles. The van der Waals surface area contributed by atoms with E-state index < -0.39 is 5.60 Å². The third-order valence-corrected chi connectivity index (χ3v) is 5.59. The van der Waals surface area contributed by atoms with Crippen LogP contribution < -0.4 is 15.5 Å². The Morgan fingerprint density at radius 1 is 1.31 bits per heavy atom. The Bertz CT molecular complexity index is 797. The predicted molar refractivity (Wildman–Crippen MR) is 124 cm³/mol. The van der Waals surface area contributed by atoms with Gasteiger partial charge in [-0.3, -0.25) is 4.99 Å². The average molecular weight is 449 g/mol. The number of carbonyl (C=O) groups excluding carboxylic acids is 1. The number of amides is 1. The smallest absolute Gasteiger partial charge is 0.410 e. The molecule has 3 rings (SSSR count). The maximum atomic E-state index is 14.1. The van der Waals surface area contributed by atoms with Gasteiger partial charge in [0, 0.05) is 51.5 Å². The number of aliphatic imine (C=N–C) groups is 1. The van der Waals surface area contributed by atoms with Crippen molar-refractivity contribution in [3.63, 3.8) is 0 Å². The summed E-state index contributed by atoms with van der Waals surface area (Å²) >= 11 is 0. The number of hydrogen-bond acceptors (Lipinski definition) is 5. The molecule has 0 saturated carbocycles. The fraction of sp³-hybridized carbons (Fsp3) is 0.696. The lowest BCUT2D eigenvalue weighted by Crippen LogP contribution is -2.46. The Morgan fingerprint density at radius 3 is 2.84 bits per heavy atom. The molecule has 178 valence electrons. The first-order valence-corrected chi connectivity index (χ1v) is 11.6. The van der Waals surface area contributed by atoms with E-state index >= 15 is 0 Å². The summed E-state index contributed by atoms with van der Waals surface area (Å²) in [5.41, 5.74) is -0.488. The van der Waals surface area contributed by atoms with Crippen LogP contribution in [0.5, 0.6) is 0 Å². The SMILES string of the molecule is CCNC(=NCC1CCCN(C(=O)OC(C)(C)C)C1)NC1CCN(c2ncccc2F)C1. The predicted octanol–water partition coefficient (Wildman–Crippen LogP) is 3.00. The number of hydrogen-bond donors (Lipinski definition) is 2. The maximum Gasteiger partial charge on any atom is 0.410 e. The van der Waals surface area contributed by atoms with Crippen LogP contribution >= 0.6 is 0 Å². The van der Waals surface area contributed by atoms with E-state index in [-0.39, 0.29) is 18.0 Å². The van der Waals surface area contributed by atoms with Crippen LogP contribution in [-0.4, -0.2) is 72.8 Å². The summed E-state index contributed by atoms with van der Waals surface area (Å²) in [7, 11) is 0. The number of anilines is 1. The van der Waals surface area contributed by atoms with Crippen molar-refractivity contribution in [3.8, 4) is 0 Å². The topological polar surface area (TPSA) is 82.1 Å². The molecule has 0 spiro atoms. The highest BCUT2D eigenvalue weighted by Gasteiger charge is 2.28. The van der Waals surface area contributed by atoms with Gasteiger partial charge in [-0.05, 0) is 65.0 Å². The largest absolute Gasteiger partial charge is 0.444 e. The Morgan fingerprint density at radius 2 is 2.12 bits per heavy atom. The zero-order chi connectivity index (χ0) is 23.1. The number of nitrogens with zero attached hydrogens (tertiary/aromatic N) is 4. The summed E-state index contributed by atoms with van der Waals surface area (Å²) in [4.78, 5) is 25.2. The Labute approximate surface area is 190 Å². The second kappa shape index (κ2) is 10.8. The number of aromatic nitrogens is 1. The van der Waals surface area contributed by atoms with E-state index in [2.05, 4.69) is 15.6 Å². The number of piperidine rings is 1. The molecule has 2 fully saturated rings. The Kier molecular flexibility index (Phi) is 8.15. The van der Waals surface area contributed by atoms with E-state index in [1.165, 1.54) is 6.07 Å². The number of likely N-dealkylation sites (tertiary alicyclic amines) is 1. The summed E-state index contributed by atoms with van der Waals surface area (Å²) in [6.45, 7) is 11.9. The molecule has 1 aromatic rings. The molecular formula is C23H37FN6O2. The van der Waals surface area contributed by atoms with E-state index in [0.29, 0.717) is 31.4 Å². The van der Waals surface area contributed by atoms with Gasteiger partial charge in [-0.2, -0.15) is 0 Å². The van der Waals surface area contributed by atoms with Gasteiger partial charge in [-0.25, -0.2) is 14.2 Å². The van der Waals surface area contributed by atoms with Crippen LogP contribution in [0.25, 0.3) is 0 Å². The summed E-state index contributed by atoms with van der Waals surface area (Å²) in [6, 6.07) is 3.22. The van der Waals surface area contributed by atoms with E-state index in [0.717, 1.165) is 44.9 Å². The van der Waals surface area contributed by atoms with Gasteiger partial charge < -0.3 is 25.2 Å². The van der Waals surface area contributed by atoms with E-state index in [1.807, 2.05) is 32.6 Å². The fourth-order valence-corrected chi connectivity index (χ4v) is 4.12. The lowest BCUT2D eigenvalue weighted by Gasteiger charge is -2.33. The van der Waals surface area contributed by atoms with Gasteiger partial charge in [0.2, 0.25) is 0 Å². The van der Waals surface area contributed by atoms with Crippen molar-refractivity contribution >= 4 is 17.9 Å². The quantitative estimate of drug-likeness (QED) is 0.532. The molecule has 9 heteroatoms. The second-order valence-electron chi connectivity index (χ2n) is 9.54. The molecule has 0 bridgehead atoms. The highest BCUT2D eigenvalue weighted by atomic mass is 19.1. The third kappa shape index (κ3) is 6.97. The molecule has 1 aromatic heterocycles. The number of rotatable bonds is 5. The minimum Gasteiger partial charge on any atom is -0.444 e. The number of nitrogens with one attached hydrogen (secondary N) is 2. The van der Waals surface area contributed by atoms with E-state index in [1.54, 1.807) is 17.2 Å². The van der Waals surface area contributed by atoms with Gasteiger partial charge in [-0.1, -0.05) is 0 Å². The molecule has 2 aliphatic heterocycles. The lowest BCUT2D eigenvalue weighted by molar-refractivity contribution is 0.0170. The van der Waals surface area contributed by atoms with Crippen molar-refractivity contribution in [2.24, 2.45) is 10.9 Å². The van der Waals surface area contributed by atoms with Crippen LogP contribution in [0, 0.1) is 11.7 Å². The minimum absolute atomic E-state index is 0.166. The Balaban J connectivity index is 1.53. The van der Waals surface area contributed by atoms with Crippen molar-refractivity contribution in [1.29, 1.82) is 0 Å². The monoisotopic (exact) mass is 448 g/mol. The molecule has 2 aliphatic rings. The summed E-state index contributed by atoms with van der Waals surface area (Å²) in [5, 5.41) is 6.79. The maximum absolute atomic E-state index is 14.1. The standard InChI is InChI=1S/C23H37FN6O2/c1-5-25-21(28-18-10-13-29(16-18)20-19(24)9-6-11-26-20)27-14-17-8-7-12-30(15-17)22(31)32-23(2,3)4/h6,9,11,17-18H,5,7-8,10,12-16H2,1-4H3,(H2,25,27,28). The van der Waals surface area contributed by atoms with Gasteiger partial charge in [0.25, 0.3) is 0 Å². The number of ether oxygens (including phenoxy) is 1. The summed E-state index contributed by atoms with van der Waals surface area (Å²) < 4.78 is 19.6. The second-order valence-corrected chi connectivity index (χ2v) is 9.54.